The third-order valence-corrected chi connectivity index (χ3v) is 2.86. The number of rotatable bonds is 3. The summed E-state index contributed by atoms with van der Waals surface area (Å²) in [6.07, 6.45) is 2.05. The van der Waals surface area contributed by atoms with Gasteiger partial charge in [-0.2, -0.15) is 0 Å². The van der Waals surface area contributed by atoms with Crippen LogP contribution in [0.1, 0.15) is 16.8 Å². The van der Waals surface area contributed by atoms with E-state index in [1.165, 1.54) is 4.57 Å². The van der Waals surface area contributed by atoms with E-state index in [1.54, 1.807) is 0 Å². The molecule has 1 aliphatic rings. The first kappa shape index (κ1) is 11.6. The van der Waals surface area contributed by atoms with E-state index in [4.69, 9.17) is 5.11 Å². The predicted octanol–water partition coefficient (Wildman–Crippen LogP) is -1.16. The minimum atomic E-state index is -1.33. The number of nitrogens with one attached hydrogen (secondary N) is 2. The fourth-order valence-corrected chi connectivity index (χ4v) is 1.95. The lowest BCUT2D eigenvalue weighted by Crippen LogP contribution is -2.35. The van der Waals surface area contributed by atoms with Gasteiger partial charge in [0.1, 0.15) is 5.56 Å². The summed E-state index contributed by atoms with van der Waals surface area (Å²) in [7, 11) is 0. The lowest BCUT2D eigenvalue weighted by atomic mass is 10.1. The molecule has 0 aliphatic carbocycles. The molecule has 1 aromatic heterocycles. The van der Waals surface area contributed by atoms with Gasteiger partial charge in [-0.1, -0.05) is 0 Å². The van der Waals surface area contributed by atoms with Crippen LogP contribution in [0.3, 0.4) is 0 Å². The highest BCUT2D eigenvalue weighted by molar-refractivity contribution is 5.86. The molecular formula is C10H13N3O4. The van der Waals surface area contributed by atoms with Crippen molar-refractivity contribution in [1.29, 1.82) is 0 Å². The van der Waals surface area contributed by atoms with Crippen LogP contribution >= 0.6 is 0 Å². The second kappa shape index (κ2) is 4.54. The monoisotopic (exact) mass is 239 g/mol. The van der Waals surface area contributed by atoms with Gasteiger partial charge in [0.2, 0.25) is 0 Å². The quantitative estimate of drug-likeness (QED) is 0.617. The minimum absolute atomic E-state index is 0.292. The van der Waals surface area contributed by atoms with Gasteiger partial charge in [0.15, 0.2) is 0 Å². The average molecular weight is 239 g/mol. The number of nitrogens with zero attached hydrogens (tertiary/aromatic N) is 1. The average Bonchev–Trinajstić information content (AvgIpc) is 2.74. The number of carboxylic acid groups (broad SMARTS) is 1. The van der Waals surface area contributed by atoms with E-state index in [1.807, 2.05) is 4.98 Å². The standard InChI is InChI=1S/C10H13N3O4/c14-8-7(9(15)16)5-13(10(17)12-8)4-6-1-2-11-3-6/h5-6,11H,1-4H2,(H,15,16)(H,12,14,17)/t6-/m1/s1. The Hall–Kier alpha value is -1.89. The molecule has 0 aromatic carbocycles. The topological polar surface area (TPSA) is 104 Å². The highest BCUT2D eigenvalue weighted by atomic mass is 16.4. The van der Waals surface area contributed by atoms with E-state index in [0.717, 1.165) is 25.7 Å². The second-order valence-corrected chi connectivity index (χ2v) is 4.12. The SMILES string of the molecule is O=C(O)c1cn(C[C@@H]2CCNC2)c(=O)[nH]c1=O. The van der Waals surface area contributed by atoms with E-state index in [0.29, 0.717) is 12.5 Å². The number of H-pyrrole nitrogens is 1. The minimum Gasteiger partial charge on any atom is -0.477 e. The molecule has 0 radical (unpaired) electrons. The zero-order valence-corrected chi connectivity index (χ0v) is 9.10. The number of hydrogen-bond acceptors (Lipinski definition) is 4. The van der Waals surface area contributed by atoms with Crippen molar-refractivity contribution in [3.05, 3.63) is 32.6 Å². The van der Waals surface area contributed by atoms with E-state index in [9.17, 15) is 14.4 Å². The van der Waals surface area contributed by atoms with Crippen molar-refractivity contribution in [3.8, 4) is 0 Å². The number of aromatic nitrogens is 2. The lowest BCUT2D eigenvalue weighted by Gasteiger charge is -2.10. The van der Waals surface area contributed by atoms with Gasteiger partial charge in [0, 0.05) is 12.7 Å². The molecule has 92 valence electrons. The number of carbonyl (C=O) groups is 1. The maximum atomic E-state index is 11.5. The molecule has 1 fully saturated rings. The molecule has 7 heteroatoms. The van der Waals surface area contributed by atoms with Crippen LogP contribution in [0.25, 0.3) is 0 Å². The molecule has 1 saturated heterocycles. The Labute approximate surface area is 96.1 Å². The van der Waals surface area contributed by atoms with Crippen molar-refractivity contribution in [1.82, 2.24) is 14.9 Å². The van der Waals surface area contributed by atoms with Gasteiger partial charge >= 0.3 is 11.7 Å². The van der Waals surface area contributed by atoms with Crippen molar-refractivity contribution < 1.29 is 9.90 Å². The Morgan fingerprint density at radius 3 is 2.88 bits per heavy atom. The molecule has 1 aliphatic heterocycles. The summed E-state index contributed by atoms with van der Waals surface area (Å²) in [5.41, 5.74) is -1.83. The Bertz CT molecular complexity index is 539. The third-order valence-electron chi connectivity index (χ3n) is 2.86. The van der Waals surface area contributed by atoms with Crippen LogP contribution in [-0.4, -0.2) is 33.7 Å². The molecular weight excluding hydrogens is 226 g/mol. The lowest BCUT2D eigenvalue weighted by molar-refractivity contribution is 0.0693. The van der Waals surface area contributed by atoms with Gasteiger partial charge in [0.25, 0.3) is 5.56 Å². The van der Waals surface area contributed by atoms with E-state index in [-0.39, 0.29) is 0 Å². The van der Waals surface area contributed by atoms with Crippen LogP contribution in [-0.2, 0) is 6.54 Å². The summed E-state index contributed by atoms with van der Waals surface area (Å²) in [6.45, 7) is 2.12. The van der Waals surface area contributed by atoms with Crippen molar-refractivity contribution in [2.75, 3.05) is 13.1 Å². The maximum absolute atomic E-state index is 11.5. The smallest absolute Gasteiger partial charge is 0.342 e. The Morgan fingerprint density at radius 2 is 2.29 bits per heavy atom. The van der Waals surface area contributed by atoms with Crippen LogP contribution in [0.4, 0.5) is 0 Å². The van der Waals surface area contributed by atoms with Crippen LogP contribution in [0.15, 0.2) is 15.8 Å². The molecule has 0 bridgehead atoms. The molecule has 0 amide bonds. The van der Waals surface area contributed by atoms with Crippen LogP contribution < -0.4 is 16.6 Å². The highest BCUT2D eigenvalue weighted by Crippen LogP contribution is 2.08. The van der Waals surface area contributed by atoms with Crippen LogP contribution in [0, 0.1) is 5.92 Å². The van der Waals surface area contributed by atoms with E-state index in [2.05, 4.69) is 5.32 Å². The van der Waals surface area contributed by atoms with Crippen molar-refractivity contribution in [2.24, 2.45) is 5.92 Å². The third kappa shape index (κ3) is 2.44. The first-order valence-electron chi connectivity index (χ1n) is 5.35. The van der Waals surface area contributed by atoms with Gasteiger partial charge in [-0.05, 0) is 25.4 Å². The second-order valence-electron chi connectivity index (χ2n) is 4.12. The molecule has 2 rings (SSSR count). The normalized spacial score (nSPS) is 19.4. The van der Waals surface area contributed by atoms with Crippen LogP contribution in [0.5, 0.6) is 0 Å². The van der Waals surface area contributed by atoms with Gasteiger partial charge in [-0.25, -0.2) is 9.59 Å². The molecule has 17 heavy (non-hydrogen) atoms. The zero-order valence-electron chi connectivity index (χ0n) is 9.10. The molecule has 1 atom stereocenters. The summed E-state index contributed by atoms with van der Waals surface area (Å²) in [4.78, 5) is 35.5. The van der Waals surface area contributed by atoms with Gasteiger partial charge < -0.3 is 10.4 Å². The predicted molar refractivity (Wildman–Crippen MR) is 59.3 cm³/mol. The first-order valence-corrected chi connectivity index (χ1v) is 5.35. The molecule has 0 unspecified atom stereocenters. The molecule has 7 nitrogen and oxygen atoms in total. The van der Waals surface area contributed by atoms with Crippen molar-refractivity contribution in [3.63, 3.8) is 0 Å². The number of aromatic amines is 1. The van der Waals surface area contributed by atoms with Gasteiger partial charge in [0.05, 0.1) is 0 Å². The van der Waals surface area contributed by atoms with E-state index >= 15 is 0 Å². The van der Waals surface area contributed by atoms with Crippen molar-refractivity contribution in [2.45, 2.75) is 13.0 Å². The number of aromatic carboxylic acids is 1. The molecule has 0 saturated carbocycles. The summed E-state index contributed by atoms with van der Waals surface area (Å²) < 4.78 is 1.25. The summed E-state index contributed by atoms with van der Waals surface area (Å²) in [5.74, 6) is -1.04. The van der Waals surface area contributed by atoms with Gasteiger partial charge in [-0.15, -0.1) is 0 Å². The van der Waals surface area contributed by atoms with E-state index < -0.39 is 22.8 Å². The van der Waals surface area contributed by atoms with Gasteiger partial charge in [-0.3, -0.25) is 14.3 Å². The van der Waals surface area contributed by atoms with Crippen LogP contribution in [0.2, 0.25) is 0 Å². The molecule has 2 heterocycles. The van der Waals surface area contributed by atoms with Crippen molar-refractivity contribution >= 4 is 5.97 Å². The summed E-state index contributed by atoms with van der Waals surface area (Å²) in [6, 6.07) is 0. The zero-order chi connectivity index (χ0) is 12.4. The Kier molecular flexibility index (Phi) is 3.10. The molecule has 1 aromatic rings. The molecule has 3 N–H and O–H groups in total. The first-order chi connectivity index (χ1) is 8.08. The highest BCUT2D eigenvalue weighted by Gasteiger charge is 2.17. The summed E-state index contributed by atoms with van der Waals surface area (Å²) >= 11 is 0. The fraction of sp³-hybridized carbons (Fsp3) is 0.500. The Morgan fingerprint density at radius 1 is 1.53 bits per heavy atom. The maximum Gasteiger partial charge on any atom is 0.342 e. The summed E-state index contributed by atoms with van der Waals surface area (Å²) in [5, 5.41) is 12.0. The fourth-order valence-electron chi connectivity index (χ4n) is 1.95. The molecule has 0 spiro atoms. The number of hydrogen-bond donors (Lipinski definition) is 3. The largest absolute Gasteiger partial charge is 0.477 e. The Balaban J connectivity index is 2.33. The number of carboxylic acids is 1.